The van der Waals surface area contributed by atoms with Crippen molar-refractivity contribution < 1.29 is 9.90 Å². The number of nitrogens with zero attached hydrogens (tertiary/aromatic N) is 2. The molecule has 0 aliphatic heterocycles. The highest BCUT2D eigenvalue weighted by Crippen LogP contribution is 2.11. The molecule has 0 aromatic carbocycles. The molecule has 2 N–H and O–H groups in total. The van der Waals surface area contributed by atoms with Gasteiger partial charge in [0.1, 0.15) is 5.69 Å². The molecule has 0 bridgehead atoms. The first-order valence-electron chi connectivity index (χ1n) is 5.46. The van der Waals surface area contributed by atoms with Crippen LogP contribution >= 0.6 is 11.3 Å². The van der Waals surface area contributed by atoms with Crippen molar-refractivity contribution in [2.24, 2.45) is 0 Å². The number of rotatable bonds is 5. The maximum atomic E-state index is 10.8. The molecule has 94 valence electrons. The van der Waals surface area contributed by atoms with Crippen molar-refractivity contribution in [2.45, 2.75) is 20.0 Å². The maximum absolute atomic E-state index is 10.8. The van der Waals surface area contributed by atoms with Gasteiger partial charge in [0, 0.05) is 24.2 Å². The van der Waals surface area contributed by atoms with E-state index in [1.54, 1.807) is 23.5 Å². The summed E-state index contributed by atoms with van der Waals surface area (Å²) in [5.41, 5.74) is 0.791. The van der Waals surface area contributed by atoms with Gasteiger partial charge in [0.15, 0.2) is 0 Å². The summed E-state index contributed by atoms with van der Waals surface area (Å²) >= 11 is 1.64. The van der Waals surface area contributed by atoms with Gasteiger partial charge in [-0.2, -0.15) is 0 Å². The molecule has 0 amide bonds. The normalized spacial score (nSPS) is 10.5. The van der Waals surface area contributed by atoms with Crippen LogP contribution in [0.3, 0.4) is 0 Å². The van der Waals surface area contributed by atoms with Gasteiger partial charge < -0.3 is 10.4 Å². The highest BCUT2D eigenvalue weighted by Gasteiger charge is 2.05. The van der Waals surface area contributed by atoms with Crippen molar-refractivity contribution >= 4 is 17.3 Å². The minimum atomic E-state index is -1.00. The first kappa shape index (κ1) is 12.7. The van der Waals surface area contributed by atoms with Gasteiger partial charge in [0.2, 0.25) is 0 Å². The zero-order chi connectivity index (χ0) is 13.0. The maximum Gasteiger partial charge on any atom is 0.354 e. The van der Waals surface area contributed by atoms with Crippen molar-refractivity contribution in [1.82, 2.24) is 15.3 Å². The molecule has 0 fully saturated rings. The molecule has 2 heterocycles. The second-order valence-corrected chi connectivity index (χ2v) is 5.09. The number of carbonyl (C=O) groups is 1. The molecule has 2 rings (SSSR count). The van der Waals surface area contributed by atoms with Crippen molar-refractivity contribution in [1.29, 1.82) is 0 Å². The molecule has 2 aromatic heterocycles. The lowest BCUT2D eigenvalue weighted by atomic mass is 10.3. The van der Waals surface area contributed by atoms with E-state index in [4.69, 9.17) is 5.11 Å². The highest BCUT2D eigenvalue weighted by molar-refractivity contribution is 7.11. The van der Waals surface area contributed by atoms with Crippen molar-refractivity contribution in [2.75, 3.05) is 0 Å². The molecule has 6 heteroatoms. The summed E-state index contributed by atoms with van der Waals surface area (Å²) < 4.78 is 0. The Kier molecular flexibility index (Phi) is 4.01. The van der Waals surface area contributed by atoms with E-state index >= 15 is 0 Å². The van der Waals surface area contributed by atoms with Crippen molar-refractivity contribution in [3.8, 4) is 0 Å². The Hall–Kier alpha value is -1.79. The standard InChI is InChI=1S/C12H13N3O2S/c1-8-14-7-10(18-8)6-13-5-9-3-2-4-11(15-9)12(16)17/h2-4,7,13H,5-6H2,1H3,(H,16,17). The van der Waals surface area contributed by atoms with E-state index in [1.807, 2.05) is 13.1 Å². The Morgan fingerprint density at radius 3 is 2.94 bits per heavy atom. The Morgan fingerprint density at radius 1 is 1.44 bits per heavy atom. The smallest absolute Gasteiger partial charge is 0.354 e. The summed E-state index contributed by atoms with van der Waals surface area (Å²) in [6.07, 6.45) is 1.84. The third-order valence-corrected chi connectivity index (χ3v) is 3.21. The van der Waals surface area contributed by atoms with Crippen molar-refractivity contribution in [3.63, 3.8) is 0 Å². The van der Waals surface area contributed by atoms with Crippen LogP contribution in [0.15, 0.2) is 24.4 Å². The zero-order valence-corrected chi connectivity index (χ0v) is 10.7. The predicted molar refractivity (Wildman–Crippen MR) is 68.6 cm³/mol. The number of aryl methyl sites for hydroxylation is 1. The molecule has 18 heavy (non-hydrogen) atoms. The molecule has 0 unspecified atom stereocenters. The van der Waals surface area contributed by atoms with E-state index in [-0.39, 0.29) is 5.69 Å². The van der Waals surface area contributed by atoms with Gasteiger partial charge in [0.05, 0.1) is 10.7 Å². The summed E-state index contributed by atoms with van der Waals surface area (Å²) in [7, 11) is 0. The average molecular weight is 263 g/mol. The summed E-state index contributed by atoms with van der Waals surface area (Å²) in [6, 6.07) is 4.99. The monoisotopic (exact) mass is 263 g/mol. The Labute approximate surface area is 109 Å². The van der Waals surface area contributed by atoms with Gasteiger partial charge in [-0.3, -0.25) is 0 Å². The number of nitrogens with one attached hydrogen (secondary N) is 1. The molecule has 0 aliphatic carbocycles. The quantitative estimate of drug-likeness (QED) is 0.860. The molecule has 0 saturated heterocycles. The van der Waals surface area contributed by atoms with Crippen LogP contribution in [0.1, 0.15) is 26.1 Å². The molecule has 0 spiro atoms. The van der Waals surface area contributed by atoms with E-state index < -0.39 is 5.97 Å². The van der Waals surface area contributed by atoms with Crippen LogP contribution in [-0.2, 0) is 13.1 Å². The van der Waals surface area contributed by atoms with Crippen LogP contribution < -0.4 is 5.32 Å². The molecular formula is C12H13N3O2S. The molecular weight excluding hydrogens is 250 g/mol. The van der Waals surface area contributed by atoms with Gasteiger partial charge >= 0.3 is 5.97 Å². The highest BCUT2D eigenvalue weighted by atomic mass is 32.1. The Morgan fingerprint density at radius 2 is 2.28 bits per heavy atom. The number of carboxylic acid groups (broad SMARTS) is 1. The van der Waals surface area contributed by atoms with Crippen LogP contribution in [0.25, 0.3) is 0 Å². The van der Waals surface area contributed by atoms with Gasteiger partial charge in [-0.15, -0.1) is 11.3 Å². The van der Waals surface area contributed by atoms with E-state index in [1.165, 1.54) is 6.07 Å². The summed E-state index contributed by atoms with van der Waals surface area (Å²) in [4.78, 5) is 20.1. The van der Waals surface area contributed by atoms with E-state index in [0.717, 1.165) is 15.6 Å². The number of hydrogen-bond donors (Lipinski definition) is 2. The Balaban J connectivity index is 1.90. The molecule has 0 saturated carbocycles. The first-order chi connectivity index (χ1) is 8.65. The Bertz CT molecular complexity index is 554. The summed E-state index contributed by atoms with van der Waals surface area (Å²) in [5.74, 6) is -1.00. The number of pyridine rings is 1. The van der Waals surface area contributed by atoms with Crippen LogP contribution in [0.2, 0.25) is 0 Å². The van der Waals surface area contributed by atoms with E-state index in [0.29, 0.717) is 13.1 Å². The fourth-order valence-corrected chi connectivity index (χ4v) is 2.26. The van der Waals surface area contributed by atoms with Gasteiger partial charge in [0.25, 0.3) is 0 Å². The third kappa shape index (κ3) is 3.35. The molecule has 2 aromatic rings. The summed E-state index contributed by atoms with van der Waals surface area (Å²) in [6.45, 7) is 3.22. The second-order valence-electron chi connectivity index (χ2n) is 3.77. The SMILES string of the molecule is Cc1ncc(CNCc2cccc(C(=O)O)n2)s1. The minimum Gasteiger partial charge on any atom is -0.477 e. The number of aromatic nitrogens is 2. The molecule has 0 aliphatic rings. The van der Waals surface area contributed by atoms with E-state index in [9.17, 15) is 4.79 Å². The van der Waals surface area contributed by atoms with Crippen LogP contribution in [-0.4, -0.2) is 21.0 Å². The topological polar surface area (TPSA) is 75.1 Å². The fourth-order valence-electron chi connectivity index (χ4n) is 1.50. The van der Waals surface area contributed by atoms with Gasteiger partial charge in [-0.05, 0) is 19.1 Å². The first-order valence-corrected chi connectivity index (χ1v) is 6.28. The van der Waals surface area contributed by atoms with Gasteiger partial charge in [-0.25, -0.2) is 14.8 Å². The van der Waals surface area contributed by atoms with Gasteiger partial charge in [-0.1, -0.05) is 6.07 Å². The lowest BCUT2D eigenvalue weighted by Crippen LogP contribution is -2.14. The third-order valence-electron chi connectivity index (χ3n) is 2.30. The molecule has 5 nitrogen and oxygen atoms in total. The number of hydrogen-bond acceptors (Lipinski definition) is 5. The lowest BCUT2D eigenvalue weighted by molar-refractivity contribution is 0.0690. The zero-order valence-electron chi connectivity index (χ0n) is 9.88. The minimum absolute atomic E-state index is 0.0722. The van der Waals surface area contributed by atoms with Crippen LogP contribution in [0.5, 0.6) is 0 Å². The molecule has 0 atom stereocenters. The number of aromatic carboxylic acids is 1. The summed E-state index contributed by atoms with van der Waals surface area (Å²) in [5, 5.41) is 13.1. The van der Waals surface area contributed by atoms with Crippen molar-refractivity contribution in [3.05, 3.63) is 45.7 Å². The van der Waals surface area contributed by atoms with Crippen LogP contribution in [0.4, 0.5) is 0 Å². The number of thiazole rings is 1. The molecule has 0 radical (unpaired) electrons. The predicted octanol–water partition coefficient (Wildman–Crippen LogP) is 1.83. The number of carboxylic acids is 1. The largest absolute Gasteiger partial charge is 0.477 e. The average Bonchev–Trinajstić information content (AvgIpc) is 2.75. The van der Waals surface area contributed by atoms with Crippen LogP contribution in [0, 0.1) is 6.92 Å². The van der Waals surface area contributed by atoms with E-state index in [2.05, 4.69) is 15.3 Å². The lowest BCUT2D eigenvalue weighted by Gasteiger charge is -2.03. The second kappa shape index (κ2) is 5.70. The fraction of sp³-hybridized carbons (Fsp3) is 0.250.